The van der Waals surface area contributed by atoms with Gasteiger partial charge in [0.1, 0.15) is 11.2 Å². The summed E-state index contributed by atoms with van der Waals surface area (Å²) in [7, 11) is 0. The summed E-state index contributed by atoms with van der Waals surface area (Å²) in [4.78, 5) is 0. The summed E-state index contributed by atoms with van der Waals surface area (Å²) in [5.74, 6) is 0.548. The average Bonchev–Trinajstić information content (AvgIpc) is 2.90. The van der Waals surface area contributed by atoms with Crippen LogP contribution in [0.25, 0.3) is 27.5 Å². The van der Waals surface area contributed by atoms with Crippen LogP contribution in [0.4, 0.5) is 0 Å². The van der Waals surface area contributed by atoms with E-state index in [1.165, 1.54) is 5.57 Å². The number of furan rings is 1. The lowest BCUT2D eigenvalue weighted by Gasteiger charge is -2.02. The molecule has 116 valence electrons. The van der Waals surface area contributed by atoms with E-state index in [0.29, 0.717) is 5.92 Å². The van der Waals surface area contributed by atoms with E-state index in [9.17, 15) is 0 Å². The van der Waals surface area contributed by atoms with Crippen LogP contribution in [0.2, 0.25) is 0 Å². The van der Waals surface area contributed by atoms with Crippen LogP contribution in [-0.2, 0) is 0 Å². The first-order chi connectivity index (χ1) is 11.1. The second-order valence-electron chi connectivity index (χ2n) is 6.29. The molecule has 0 aliphatic rings. The lowest BCUT2D eigenvalue weighted by Crippen LogP contribution is -1.82. The number of rotatable bonds is 4. The van der Waals surface area contributed by atoms with Crippen molar-refractivity contribution in [3.05, 3.63) is 78.4 Å². The van der Waals surface area contributed by atoms with Crippen molar-refractivity contribution in [1.82, 2.24) is 0 Å². The van der Waals surface area contributed by atoms with Gasteiger partial charge in [0.25, 0.3) is 0 Å². The van der Waals surface area contributed by atoms with Gasteiger partial charge in [-0.2, -0.15) is 0 Å². The van der Waals surface area contributed by atoms with Gasteiger partial charge in [-0.3, -0.25) is 0 Å². The van der Waals surface area contributed by atoms with Gasteiger partial charge in [-0.15, -0.1) is 0 Å². The molecule has 0 unspecified atom stereocenters. The van der Waals surface area contributed by atoms with Gasteiger partial charge in [-0.25, -0.2) is 0 Å². The minimum absolute atomic E-state index is 0.548. The van der Waals surface area contributed by atoms with Gasteiger partial charge in [0.2, 0.25) is 0 Å². The van der Waals surface area contributed by atoms with E-state index >= 15 is 0 Å². The largest absolute Gasteiger partial charge is 0.455 e. The van der Waals surface area contributed by atoms with Crippen molar-refractivity contribution in [2.75, 3.05) is 0 Å². The second kappa shape index (κ2) is 6.29. The first-order valence-corrected chi connectivity index (χ1v) is 8.02. The van der Waals surface area contributed by atoms with E-state index in [2.05, 4.69) is 69.8 Å². The predicted octanol–water partition coefficient (Wildman–Crippen LogP) is 6.76. The predicted molar refractivity (Wildman–Crippen MR) is 100 cm³/mol. The first-order valence-electron chi connectivity index (χ1n) is 8.02. The van der Waals surface area contributed by atoms with E-state index in [-0.39, 0.29) is 0 Å². The second-order valence-corrected chi connectivity index (χ2v) is 6.29. The number of benzene rings is 2. The van der Waals surface area contributed by atoms with Gasteiger partial charge in [0.05, 0.1) is 0 Å². The lowest BCUT2D eigenvalue weighted by atomic mass is 10.0. The van der Waals surface area contributed by atoms with Crippen LogP contribution in [-0.4, -0.2) is 0 Å². The normalized spacial score (nSPS) is 12.8. The van der Waals surface area contributed by atoms with Crippen LogP contribution < -0.4 is 0 Å². The van der Waals surface area contributed by atoms with E-state index in [1.807, 2.05) is 18.2 Å². The Morgan fingerprint density at radius 1 is 1.00 bits per heavy atom. The van der Waals surface area contributed by atoms with Gasteiger partial charge in [0.15, 0.2) is 0 Å². The van der Waals surface area contributed by atoms with E-state index in [0.717, 1.165) is 33.1 Å². The van der Waals surface area contributed by atoms with Crippen LogP contribution in [0.1, 0.15) is 26.3 Å². The summed E-state index contributed by atoms with van der Waals surface area (Å²) in [5, 5.41) is 2.29. The fraction of sp³-hybridized carbons (Fsp3) is 0.182. The first kappa shape index (κ1) is 15.4. The number of hydrogen-bond donors (Lipinski definition) is 0. The van der Waals surface area contributed by atoms with E-state index in [1.54, 1.807) is 0 Å². The molecule has 0 spiro atoms. The Morgan fingerprint density at radius 3 is 2.52 bits per heavy atom. The van der Waals surface area contributed by atoms with Gasteiger partial charge in [-0.1, -0.05) is 80.6 Å². The lowest BCUT2D eigenvalue weighted by molar-refractivity contribution is 0.668. The smallest absolute Gasteiger partial charge is 0.143 e. The number of para-hydroxylation sites is 2. The molecule has 2 aromatic carbocycles. The summed E-state index contributed by atoms with van der Waals surface area (Å²) >= 11 is 0. The molecule has 1 heterocycles. The van der Waals surface area contributed by atoms with Crippen LogP contribution in [0, 0.1) is 5.92 Å². The van der Waals surface area contributed by atoms with Crippen LogP contribution in [0.15, 0.2) is 77.3 Å². The highest BCUT2D eigenvalue weighted by Gasteiger charge is 2.10. The third kappa shape index (κ3) is 3.14. The maximum absolute atomic E-state index is 6.07. The molecule has 0 N–H and O–H groups in total. The van der Waals surface area contributed by atoms with Crippen LogP contribution >= 0.6 is 0 Å². The van der Waals surface area contributed by atoms with Crippen molar-refractivity contribution in [3.63, 3.8) is 0 Å². The van der Waals surface area contributed by atoms with Gasteiger partial charge in [0, 0.05) is 16.3 Å². The monoisotopic (exact) mass is 302 g/mol. The molecular formula is C22H22O. The van der Waals surface area contributed by atoms with Crippen molar-refractivity contribution >= 4 is 27.5 Å². The topological polar surface area (TPSA) is 13.1 Å². The molecule has 1 nitrogen and oxygen atoms in total. The zero-order chi connectivity index (χ0) is 16.4. The van der Waals surface area contributed by atoms with Crippen molar-refractivity contribution in [2.24, 2.45) is 5.92 Å². The molecule has 0 radical (unpaired) electrons. The van der Waals surface area contributed by atoms with E-state index in [4.69, 9.17) is 4.42 Å². The van der Waals surface area contributed by atoms with Crippen LogP contribution in [0.3, 0.4) is 0 Å². The molecule has 0 atom stereocenters. The molecule has 3 rings (SSSR count). The zero-order valence-electron chi connectivity index (χ0n) is 14.0. The maximum Gasteiger partial charge on any atom is 0.143 e. The highest BCUT2D eigenvalue weighted by molar-refractivity contribution is 6.08. The molecule has 0 fully saturated rings. The van der Waals surface area contributed by atoms with Gasteiger partial charge in [-0.05, 0) is 24.5 Å². The summed E-state index contributed by atoms with van der Waals surface area (Å²) in [5.41, 5.74) is 5.09. The minimum Gasteiger partial charge on any atom is -0.455 e. The SMILES string of the molecule is C=C(C=CC(C)=CC(C)C)c1cccc2c1oc1ccccc12. The van der Waals surface area contributed by atoms with Crippen molar-refractivity contribution in [1.29, 1.82) is 0 Å². The number of hydrogen-bond acceptors (Lipinski definition) is 1. The summed E-state index contributed by atoms with van der Waals surface area (Å²) in [6, 6.07) is 14.4. The van der Waals surface area contributed by atoms with Crippen molar-refractivity contribution in [2.45, 2.75) is 20.8 Å². The zero-order valence-corrected chi connectivity index (χ0v) is 14.0. The molecule has 0 aliphatic heterocycles. The summed E-state index contributed by atoms with van der Waals surface area (Å²) in [6.45, 7) is 10.7. The molecule has 23 heavy (non-hydrogen) atoms. The third-order valence-corrected chi connectivity index (χ3v) is 3.89. The minimum atomic E-state index is 0.548. The third-order valence-electron chi connectivity index (χ3n) is 3.89. The molecule has 0 saturated carbocycles. The summed E-state index contributed by atoms with van der Waals surface area (Å²) < 4.78 is 6.07. The Labute approximate surface area is 137 Å². The molecule has 1 aromatic heterocycles. The standard InChI is InChI=1S/C22H22O/c1-15(2)14-16(3)12-13-17(4)18-9-7-10-20-19-8-5-6-11-21(19)23-22(18)20/h5-15H,4H2,1-3H3. The summed E-state index contributed by atoms with van der Waals surface area (Å²) in [6.07, 6.45) is 6.42. The molecule has 1 heteroatoms. The molecule has 3 aromatic rings. The Kier molecular flexibility index (Phi) is 4.20. The fourth-order valence-corrected chi connectivity index (χ4v) is 2.90. The van der Waals surface area contributed by atoms with Crippen LogP contribution in [0.5, 0.6) is 0 Å². The quantitative estimate of drug-likeness (QED) is 0.485. The maximum atomic E-state index is 6.07. The number of fused-ring (bicyclic) bond motifs is 3. The number of allylic oxidation sites excluding steroid dienone is 5. The van der Waals surface area contributed by atoms with Gasteiger partial charge < -0.3 is 4.42 Å². The molecular weight excluding hydrogens is 280 g/mol. The van der Waals surface area contributed by atoms with Crippen molar-refractivity contribution in [3.8, 4) is 0 Å². The van der Waals surface area contributed by atoms with Crippen molar-refractivity contribution < 1.29 is 4.42 Å². The highest BCUT2D eigenvalue weighted by Crippen LogP contribution is 2.33. The Balaban J connectivity index is 2.03. The Bertz CT molecular complexity index is 919. The molecule has 0 aliphatic carbocycles. The molecule has 0 bridgehead atoms. The molecule has 0 saturated heterocycles. The van der Waals surface area contributed by atoms with Gasteiger partial charge >= 0.3 is 0 Å². The Morgan fingerprint density at radius 2 is 1.74 bits per heavy atom. The highest BCUT2D eigenvalue weighted by atomic mass is 16.3. The fourth-order valence-electron chi connectivity index (χ4n) is 2.90. The Hall–Kier alpha value is -2.54. The average molecular weight is 302 g/mol. The molecule has 0 amide bonds. The van der Waals surface area contributed by atoms with E-state index < -0.39 is 0 Å².